The van der Waals surface area contributed by atoms with Crippen molar-refractivity contribution in [2.45, 2.75) is 18.4 Å². The Bertz CT molecular complexity index is 755. The molecule has 1 heterocycles. The van der Waals surface area contributed by atoms with Crippen LogP contribution in [0.15, 0.2) is 48.5 Å². The molecule has 2 aromatic carbocycles. The smallest absolute Gasteiger partial charge is 0.129 e. The molecule has 3 rings (SSSR count). The highest BCUT2D eigenvalue weighted by atomic mass is 35.5. The first kappa shape index (κ1) is 16.2. The van der Waals surface area contributed by atoms with Gasteiger partial charge in [0, 0.05) is 36.5 Å². The zero-order valence-electron chi connectivity index (χ0n) is 12.6. The van der Waals surface area contributed by atoms with E-state index in [2.05, 4.69) is 16.7 Å². The third kappa shape index (κ3) is 4.00. The number of piperidine rings is 1. The molecule has 0 spiro atoms. The Morgan fingerprint density at radius 1 is 1.00 bits per heavy atom. The molecule has 0 amide bonds. The lowest BCUT2D eigenvalue weighted by Crippen LogP contribution is -2.43. The Labute approximate surface area is 146 Å². The lowest BCUT2D eigenvalue weighted by atomic mass is 9.91. The Morgan fingerprint density at radius 2 is 1.74 bits per heavy atom. The van der Waals surface area contributed by atoms with Crippen molar-refractivity contribution < 1.29 is 5.11 Å². The van der Waals surface area contributed by atoms with Crippen molar-refractivity contribution in [3.63, 3.8) is 0 Å². The highest BCUT2D eigenvalue weighted by Crippen LogP contribution is 2.30. The molecular formula is C19H17Cl2NO. The lowest BCUT2D eigenvalue weighted by molar-refractivity contribution is 0.0746. The van der Waals surface area contributed by atoms with Gasteiger partial charge in [-0.1, -0.05) is 53.2 Å². The molecule has 1 N–H and O–H groups in total. The second-order valence-electron chi connectivity index (χ2n) is 5.73. The highest BCUT2D eigenvalue weighted by molar-refractivity contribution is 6.33. The molecule has 0 unspecified atom stereocenters. The van der Waals surface area contributed by atoms with Gasteiger partial charge in [-0.2, -0.15) is 0 Å². The number of anilines is 1. The third-order valence-corrected chi connectivity index (χ3v) is 4.60. The van der Waals surface area contributed by atoms with Crippen LogP contribution in [0.4, 0.5) is 5.69 Å². The normalized spacial score (nSPS) is 16.6. The summed E-state index contributed by atoms with van der Waals surface area (Å²) in [5, 5.41) is 12.1. The van der Waals surface area contributed by atoms with E-state index in [1.807, 2.05) is 42.5 Å². The van der Waals surface area contributed by atoms with E-state index in [1.165, 1.54) is 0 Å². The summed E-state index contributed by atoms with van der Waals surface area (Å²) < 4.78 is 0. The molecule has 1 aliphatic rings. The zero-order valence-corrected chi connectivity index (χ0v) is 14.1. The van der Waals surface area contributed by atoms with Crippen molar-refractivity contribution in [1.29, 1.82) is 0 Å². The molecule has 4 heteroatoms. The van der Waals surface area contributed by atoms with Crippen LogP contribution in [0.25, 0.3) is 0 Å². The second kappa shape index (κ2) is 6.84. The average Bonchev–Trinajstić information content (AvgIpc) is 2.55. The zero-order chi connectivity index (χ0) is 16.3. The van der Waals surface area contributed by atoms with Gasteiger partial charge in [0.2, 0.25) is 0 Å². The molecule has 1 aliphatic heterocycles. The fourth-order valence-corrected chi connectivity index (χ4v) is 3.15. The van der Waals surface area contributed by atoms with E-state index in [0.717, 1.165) is 29.4 Å². The summed E-state index contributed by atoms with van der Waals surface area (Å²) in [6.07, 6.45) is 1.18. The first-order chi connectivity index (χ1) is 11.1. The molecule has 1 saturated heterocycles. The van der Waals surface area contributed by atoms with Crippen molar-refractivity contribution in [2.75, 3.05) is 18.0 Å². The second-order valence-corrected chi connectivity index (χ2v) is 6.57. The predicted octanol–water partition coefficient (Wildman–Crippen LogP) is 4.38. The van der Waals surface area contributed by atoms with E-state index in [-0.39, 0.29) is 0 Å². The van der Waals surface area contributed by atoms with Gasteiger partial charge in [0.25, 0.3) is 0 Å². The summed E-state index contributed by atoms with van der Waals surface area (Å²) in [5.41, 5.74) is 0.874. The van der Waals surface area contributed by atoms with Crippen molar-refractivity contribution >= 4 is 28.9 Å². The van der Waals surface area contributed by atoms with Crippen LogP contribution >= 0.6 is 23.2 Å². The number of hydrogen-bond donors (Lipinski definition) is 1. The third-order valence-electron chi connectivity index (χ3n) is 4.05. The van der Waals surface area contributed by atoms with Gasteiger partial charge < -0.3 is 10.0 Å². The van der Waals surface area contributed by atoms with Crippen LogP contribution in [0.3, 0.4) is 0 Å². The molecule has 118 valence electrons. The number of halogens is 2. The molecule has 0 aromatic heterocycles. The summed E-state index contributed by atoms with van der Waals surface area (Å²) in [6, 6.07) is 15.1. The minimum atomic E-state index is -0.958. The molecule has 2 nitrogen and oxygen atoms in total. The van der Waals surface area contributed by atoms with E-state index in [0.29, 0.717) is 17.9 Å². The van der Waals surface area contributed by atoms with Gasteiger partial charge in [-0.3, -0.25) is 0 Å². The molecule has 0 aliphatic carbocycles. The maximum Gasteiger partial charge on any atom is 0.129 e. The van der Waals surface area contributed by atoms with Gasteiger partial charge in [0.15, 0.2) is 0 Å². The quantitative estimate of drug-likeness (QED) is 0.775. The minimum absolute atomic E-state index is 0.589. The molecule has 0 atom stereocenters. The summed E-state index contributed by atoms with van der Waals surface area (Å²) in [6.45, 7) is 1.45. The van der Waals surface area contributed by atoms with Gasteiger partial charge in [-0.15, -0.1) is 0 Å². The number of nitrogens with zero attached hydrogens (tertiary/aromatic N) is 1. The summed E-state index contributed by atoms with van der Waals surface area (Å²) in [4.78, 5) is 2.19. The molecule has 0 bridgehead atoms. The van der Waals surface area contributed by atoms with Crippen LogP contribution in [0.2, 0.25) is 10.0 Å². The van der Waals surface area contributed by atoms with Crippen molar-refractivity contribution in [3.05, 3.63) is 64.1 Å². The van der Waals surface area contributed by atoms with Gasteiger partial charge in [0.1, 0.15) is 5.60 Å². The van der Waals surface area contributed by atoms with Crippen molar-refractivity contribution in [1.82, 2.24) is 0 Å². The van der Waals surface area contributed by atoms with E-state index < -0.39 is 5.60 Å². The summed E-state index contributed by atoms with van der Waals surface area (Å²) >= 11 is 12.2. The number of aliphatic hydroxyl groups is 1. The number of hydrogen-bond acceptors (Lipinski definition) is 2. The van der Waals surface area contributed by atoms with Gasteiger partial charge in [0.05, 0.1) is 10.7 Å². The predicted molar refractivity (Wildman–Crippen MR) is 96.2 cm³/mol. The summed E-state index contributed by atoms with van der Waals surface area (Å²) in [5.74, 6) is 6.05. The van der Waals surface area contributed by atoms with Gasteiger partial charge >= 0.3 is 0 Å². The molecule has 0 radical (unpaired) electrons. The van der Waals surface area contributed by atoms with Crippen LogP contribution < -0.4 is 4.90 Å². The van der Waals surface area contributed by atoms with Crippen LogP contribution in [0.5, 0.6) is 0 Å². The average molecular weight is 346 g/mol. The maximum atomic E-state index is 10.7. The fourth-order valence-electron chi connectivity index (χ4n) is 2.71. The Hall–Kier alpha value is -1.66. The summed E-state index contributed by atoms with van der Waals surface area (Å²) in [7, 11) is 0. The van der Waals surface area contributed by atoms with Crippen molar-refractivity contribution in [3.8, 4) is 11.8 Å². The molecule has 1 fully saturated rings. The molecule has 23 heavy (non-hydrogen) atoms. The first-order valence-electron chi connectivity index (χ1n) is 7.56. The number of rotatable bonds is 1. The molecular weight excluding hydrogens is 329 g/mol. The van der Waals surface area contributed by atoms with E-state index in [1.54, 1.807) is 6.07 Å². The van der Waals surface area contributed by atoms with Crippen LogP contribution in [-0.4, -0.2) is 23.8 Å². The first-order valence-corrected chi connectivity index (χ1v) is 8.32. The van der Waals surface area contributed by atoms with Crippen LogP contribution in [-0.2, 0) is 0 Å². The standard InChI is InChI=1S/C19H17Cl2NO/c20-16-5-3-4-15(14-16)8-9-19(23)10-12-22(13-11-19)18-7-2-1-6-17(18)21/h1-7,14,23H,10-13H2. The van der Waals surface area contributed by atoms with E-state index >= 15 is 0 Å². The van der Waals surface area contributed by atoms with E-state index in [9.17, 15) is 5.11 Å². The van der Waals surface area contributed by atoms with Gasteiger partial charge in [-0.05, 0) is 30.3 Å². The minimum Gasteiger partial charge on any atom is -0.377 e. The maximum absolute atomic E-state index is 10.7. The number of benzene rings is 2. The van der Waals surface area contributed by atoms with Gasteiger partial charge in [-0.25, -0.2) is 0 Å². The highest BCUT2D eigenvalue weighted by Gasteiger charge is 2.31. The molecule has 2 aromatic rings. The van der Waals surface area contributed by atoms with Crippen LogP contribution in [0.1, 0.15) is 18.4 Å². The largest absolute Gasteiger partial charge is 0.377 e. The number of para-hydroxylation sites is 1. The van der Waals surface area contributed by atoms with Crippen LogP contribution in [0, 0.1) is 11.8 Å². The lowest BCUT2D eigenvalue weighted by Gasteiger charge is -2.36. The Kier molecular flexibility index (Phi) is 4.82. The van der Waals surface area contributed by atoms with E-state index in [4.69, 9.17) is 23.2 Å². The fraction of sp³-hybridized carbons (Fsp3) is 0.263. The van der Waals surface area contributed by atoms with Crippen molar-refractivity contribution in [2.24, 2.45) is 0 Å². The SMILES string of the molecule is OC1(C#Cc2cccc(Cl)c2)CCN(c2ccccc2Cl)CC1. The molecule has 0 saturated carbocycles. The Balaban J connectivity index is 1.70. The Morgan fingerprint density at radius 3 is 2.43 bits per heavy atom. The monoisotopic (exact) mass is 345 g/mol. The topological polar surface area (TPSA) is 23.5 Å².